The Morgan fingerprint density at radius 3 is 2.58 bits per heavy atom. The molecule has 1 aromatic heterocycles. The van der Waals surface area contributed by atoms with E-state index in [9.17, 15) is 0 Å². The molecule has 0 aliphatic carbocycles. The van der Waals surface area contributed by atoms with E-state index < -0.39 is 0 Å². The first kappa shape index (κ1) is 25.4. The number of aliphatic imine (C=N–C) groups is 1. The molecule has 180 valence electrons. The van der Waals surface area contributed by atoms with Crippen molar-refractivity contribution in [2.75, 3.05) is 52.4 Å². The molecule has 2 aliphatic heterocycles. The molecule has 1 saturated heterocycles. The van der Waals surface area contributed by atoms with E-state index in [0.29, 0.717) is 6.54 Å². The van der Waals surface area contributed by atoms with Gasteiger partial charge in [0.2, 0.25) is 0 Å². The Morgan fingerprint density at radius 2 is 1.94 bits per heavy atom. The van der Waals surface area contributed by atoms with Crippen LogP contribution in [0.2, 0.25) is 0 Å². The second kappa shape index (κ2) is 11.7. The van der Waals surface area contributed by atoms with E-state index >= 15 is 0 Å². The van der Waals surface area contributed by atoms with Gasteiger partial charge >= 0.3 is 0 Å². The third kappa shape index (κ3) is 6.00. The number of guanidine groups is 1. The molecule has 0 radical (unpaired) electrons. The molecule has 0 bridgehead atoms. The van der Waals surface area contributed by atoms with E-state index in [-0.39, 0.29) is 30.1 Å². The van der Waals surface area contributed by atoms with Gasteiger partial charge in [0, 0.05) is 46.0 Å². The van der Waals surface area contributed by atoms with Crippen molar-refractivity contribution in [2.45, 2.75) is 32.5 Å². The van der Waals surface area contributed by atoms with Gasteiger partial charge in [-0.25, -0.2) is 4.98 Å². The number of halogens is 1. The lowest BCUT2D eigenvalue weighted by molar-refractivity contribution is 0.0529. The second-order valence-corrected chi connectivity index (χ2v) is 8.20. The van der Waals surface area contributed by atoms with Crippen LogP contribution in [-0.4, -0.2) is 69.5 Å². The largest absolute Gasteiger partial charge is 0.493 e. The van der Waals surface area contributed by atoms with Gasteiger partial charge in [-0.05, 0) is 48.2 Å². The summed E-state index contributed by atoms with van der Waals surface area (Å²) in [6, 6.07) is 8.38. The number of aromatic nitrogens is 1. The van der Waals surface area contributed by atoms with Crippen LogP contribution in [0.25, 0.3) is 0 Å². The molecular formula is C24H34IN5O3. The van der Waals surface area contributed by atoms with Crippen molar-refractivity contribution in [3.05, 3.63) is 47.2 Å². The first-order valence-electron chi connectivity index (χ1n) is 11.1. The van der Waals surface area contributed by atoms with Crippen LogP contribution in [0.5, 0.6) is 11.5 Å². The van der Waals surface area contributed by atoms with Crippen LogP contribution in [-0.2, 0) is 24.2 Å². The maximum atomic E-state index is 5.62. The second-order valence-electron chi connectivity index (χ2n) is 8.20. The molecule has 3 heterocycles. The molecule has 1 N–H and O–H groups in total. The van der Waals surface area contributed by atoms with Crippen molar-refractivity contribution < 1.29 is 14.2 Å². The average molecular weight is 567 g/mol. The van der Waals surface area contributed by atoms with Crippen molar-refractivity contribution in [1.82, 2.24) is 15.2 Å². The predicted molar refractivity (Wildman–Crippen MR) is 141 cm³/mol. The third-order valence-electron chi connectivity index (χ3n) is 6.05. The summed E-state index contributed by atoms with van der Waals surface area (Å²) in [5.41, 5.74) is 3.66. The van der Waals surface area contributed by atoms with Gasteiger partial charge < -0.3 is 29.3 Å². The summed E-state index contributed by atoms with van der Waals surface area (Å²) in [6.07, 6.45) is 3.12. The van der Waals surface area contributed by atoms with Gasteiger partial charge in [0.25, 0.3) is 0 Å². The highest BCUT2D eigenvalue weighted by Gasteiger charge is 2.22. The maximum absolute atomic E-state index is 5.62. The fourth-order valence-corrected chi connectivity index (χ4v) is 4.31. The number of nitrogens with one attached hydrogen (secondary N) is 1. The smallest absolute Gasteiger partial charge is 0.194 e. The minimum atomic E-state index is 0. The first-order chi connectivity index (χ1) is 15.6. The van der Waals surface area contributed by atoms with E-state index in [0.717, 1.165) is 68.0 Å². The van der Waals surface area contributed by atoms with Crippen molar-refractivity contribution in [3.8, 4) is 11.5 Å². The van der Waals surface area contributed by atoms with Crippen molar-refractivity contribution in [1.29, 1.82) is 0 Å². The van der Waals surface area contributed by atoms with Crippen LogP contribution >= 0.6 is 24.0 Å². The number of hydrogen-bond donors (Lipinski definition) is 1. The highest BCUT2D eigenvalue weighted by molar-refractivity contribution is 14.0. The van der Waals surface area contributed by atoms with E-state index in [4.69, 9.17) is 14.2 Å². The number of methoxy groups -OCH3 is 2. The quantitative estimate of drug-likeness (QED) is 0.339. The van der Waals surface area contributed by atoms with Gasteiger partial charge in [-0.3, -0.25) is 4.99 Å². The van der Waals surface area contributed by atoms with Gasteiger partial charge in [0.1, 0.15) is 5.82 Å². The average Bonchev–Trinajstić information content (AvgIpc) is 2.83. The Hall–Kier alpha value is -2.27. The van der Waals surface area contributed by atoms with Crippen LogP contribution < -0.4 is 19.7 Å². The summed E-state index contributed by atoms with van der Waals surface area (Å²) < 4.78 is 16.6. The van der Waals surface area contributed by atoms with Crippen molar-refractivity contribution in [3.63, 3.8) is 0 Å². The standard InChI is InChI=1S/C24H33N5O3.HI/c1-17-15-28(9-10-32-17)23-6-5-18(13-26-23)14-27-24(25-2)29-8-7-19-11-21(30-3)22(31-4)12-20(19)16-29;/h5-6,11-13,17H,7-10,14-16H2,1-4H3,(H,25,27);1H. The number of morpholine rings is 1. The molecular weight excluding hydrogens is 533 g/mol. The van der Waals surface area contributed by atoms with Gasteiger partial charge in [0.05, 0.1) is 26.9 Å². The number of rotatable bonds is 5. The predicted octanol–water partition coefficient (Wildman–Crippen LogP) is 3.08. The van der Waals surface area contributed by atoms with Gasteiger partial charge in [-0.2, -0.15) is 0 Å². The number of anilines is 1. The SMILES string of the molecule is CN=C(NCc1ccc(N2CCOC(C)C2)nc1)N1CCc2cc(OC)c(OC)cc2C1.I. The lowest BCUT2D eigenvalue weighted by Crippen LogP contribution is -2.43. The van der Waals surface area contributed by atoms with E-state index in [1.165, 1.54) is 11.1 Å². The normalized spacial score (nSPS) is 18.3. The topological polar surface area (TPSA) is 71.5 Å². The maximum Gasteiger partial charge on any atom is 0.194 e. The van der Waals surface area contributed by atoms with E-state index in [2.05, 4.69) is 56.3 Å². The minimum absolute atomic E-state index is 0. The summed E-state index contributed by atoms with van der Waals surface area (Å²) in [4.78, 5) is 13.7. The summed E-state index contributed by atoms with van der Waals surface area (Å²) in [5.74, 6) is 3.43. The van der Waals surface area contributed by atoms with Crippen LogP contribution in [0.4, 0.5) is 5.82 Å². The lowest BCUT2D eigenvalue weighted by atomic mass is 9.99. The van der Waals surface area contributed by atoms with Crippen LogP contribution in [0.15, 0.2) is 35.5 Å². The monoisotopic (exact) mass is 567 g/mol. The Balaban J connectivity index is 0.00000306. The molecule has 8 nitrogen and oxygen atoms in total. The Labute approximate surface area is 213 Å². The Morgan fingerprint density at radius 1 is 1.18 bits per heavy atom. The molecule has 1 fully saturated rings. The van der Waals surface area contributed by atoms with Gasteiger partial charge in [0.15, 0.2) is 17.5 Å². The molecule has 33 heavy (non-hydrogen) atoms. The van der Waals surface area contributed by atoms with Gasteiger partial charge in [-0.15, -0.1) is 24.0 Å². The number of nitrogens with zero attached hydrogens (tertiary/aromatic N) is 4. The zero-order valence-corrected chi connectivity index (χ0v) is 22.2. The van der Waals surface area contributed by atoms with Gasteiger partial charge in [-0.1, -0.05) is 6.07 Å². The molecule has 9 heteroatoms. The van der Waals surface area contributed by atoms with Crippen LogP contribution in [0.1, 0.15) is 23.6 Å². The summed E-state index contributed by atoms with van der Waals surface area (Å²) in [6.45, 7) is 6.96. The minimum Gasteiger partial charge on any atom is -0.493 e. The van der Waals surface area contributed by atoms with E-state index in [1.54, 1.807) is 14.2 Å². The summed E-state index contributed by atoms with van der Waals surface area (Å²) in [7, 11) is 5.17. The fraction of sp³-hybridized carbons (Fsp3) is 0.500. The third-order valence-corrected chi connectivity index (χ3v) is 6.05. The number of ether oxygens (including phenoxy) is 3. The number of pyridine rings is 1. The lowest BCUT2D eigenvalue weighted by Gasteiger charge is -2.32. The van der Waals surface area contributed by atoms with Crippen molar-refractivity contribution in [2.24, 2.45) is 4.99 Å². The molecule has 0 amide bonds. The van der Waals surface area contributed by atoms with Crippen LogP contribution in [0, 0.1) is 0 Å². The molecule has 0 spiro atoms. The highest BCUT2D eigenvalue weighted by Crippen LogP contribution is 2.33. The fourth-order valence-electron chi connectivity index (χ4n) is 4.31. The number of hydrogen-bond acceptors (Lipinski definition) is 6. The zero-order chi connectivity index (χ0) is 22.5. The van der Waals surface area contributed by atoms with Crippen LogP contribution in [0.3, 0.4) is 0 Å². The molecule has 1 unspecified atom stereocenters. The van der Waals surface area contributed by atoms with E-state index in [1.807, 2.05) is 13.2 Å². The molecule has 4 rings (SSSR count). The zero-order valence-electron chi connectivity index (χ0n) is 19.8. The highest BCUT2D eigenvalue weighted by atomic mass is 127. The molecule has 1 atom stereocenters. The number of fused-ring (bicyclic) bond motifs is 1. The summed E-state index contributed by atoms with van der Waals surface area (Å²) in [5, 5.41) is 3.49. The summed E-state index contributed by atoms with van der Waals surface area (Å²) >= 11 is 0. The Kier molecular flexibility index (Phi) is 9.02. The molecule has 0 saturated carbocycles. The molecule has 2 aromatic rings. The number of benzene rings is 1. The molecule has 2 aliphatic rings. The first-order valence-corrected chi connectivity index (χ1v) is 11.1. The Bertz CT molecular complexity index is 954. The van der Waals surface area contributed by atoms with Crippen molar-refractivity contribution >= 4 is 35.8 Å². The molecule has 1 aromatic carbocycles.